The molecular formula is C30H20ClN3O3S. The summed E-state index contributed by atoms with van der Waals surface area (Å²) in [4.78, 5) is 49.7. The van der Waals surface area contributed by atoms with Crippen molar-refractivity contribution in [3.05, 3.63) is 117 Å². The third-order valence-corrected chi connectivity index (χ3v) is 8.99. The zero-order valence-corrected chi connectivity index (χ0v) is 21.4. The molecule has 4 atom stereocenters. The number of amides is 1. The standard InChI is InChI=1S/C30H20ClN3O3S/c31-19-8-9-22-18(16-19)7-10-24-30(20-4-1-2-5-21(20)33-29(30)37)25(27(35)17-11-13-32-14-12-17)26(34(22)24)28(36)23-6-3-15-38-23/h1-16,24-26H,(H,33,37). The number of fused-ring (bicyclic) bond motifs is 6. The molecule has 2 aromatic carbocycles. The largest absolute Gasteiger partial charge is 0.352 e. The van der Waals surface area contributed by atoms with Gasteiger partial charge in [0.05, 0.1) is 16.8 Å². The van der Waals surface area contributed by atoms with Gasteiger partial charge in [-0.3, -0.25) is 19.4 Å². The van der Waals surface area contributed by atoms with Crippen LogP contribution in [0, 0.1) is 5.92 Å². The van der Waals surface area contributed by atoms with Gasteiger partial charge in [-0.25, -0.2) is 0 Å². The summed E-state index contributed by atoms with van der Waals surface area (Å²) in [7, 11) is 0. The van der Waals surface area contributed by atoms with Gasteiger partial charge in [-0.1, -0.05) is 48.0 Å². The van der Waals surface area contributed by atoms with Gasteiger partial charge in [0.25, 0.3) is 0 Å². The van der Waals surface area contributed by atoms with Crippen LogP contribution in [0.1, 0.15) is 31.2 Å². The number of nitrogens with one attached hydrogen (secondary N) is 1. The molecule has 0 aliphatic carbocycles. The molecule has 38 heavy (non-hydrogen) atoms. The molecule has 3 aliphatic rings. The molecule has 3 aliphatic heterocycles. The number of carbonyl (C=O) groups excluding carboxylic acids is 3. The van der Waals surface area contributed by atoms with Gasteiger partial charge < -0.3 is 10.2 Å². The predicted molar refractivity (Wildman–Crippen MR) is 148 cm³/mol. The number of carbonyl (C=O) groups is 3. The van der Waals surface area contributed by atoms with E-state index in [9.17, 15) is 14.4 Å². The molecule has 1 spiro atoms. The number of benzene rings is 2. The summed E-state index contributed by atoms with van der Waals surface area (Å²) in [6.45, 7) is 0. The molecule has 4 unspecified atom stereocenters. The van der Waals surface area contributed by atoms with E-state index in [1.165, 1.54) is 11.3 Å². The van der Waals surface area contributed by atoms with Crippen LogP contribution in [0.3, 0.4) is 0 Å². The molecule has 7 rings (SSSR count). The van der Waals surface area contributed by atoms with Gasteiger partial charge in [0, 0.05) is 34.4 Å². The zero-order valence-electron chi connectivity index (χ0n) is 19.9. The molecular weight excluding hydrogens is 518 g/mol. The zero-order chi connectivity index (χ0) is 26.0. The van der Waals surface area contributed by atoms with E-state index in [0.29, 0.717) is 21.2 Å². The smallest absolute Gasteiger partial charge is 0.238 e. The van der Waals surface area contributed by atoms with E-state index in [1.807, 2.05) is 64.9 Å². The molecule has 4 aromatic rings. The Kier molecular flexibility index (Phi) is 5.15. The molecule has 186 valence electrons. The van der Waals surface area contributed by atoms with Crippen LogP contribution < -0.4 is 10.2 Å². The van der Waals surface area contributed by atoms with E-state index < -0.39 is 23.4 Å². The summed E-state index contributed by atoms with van der Waals surface area (Å²) in [5.74, 6) is -1.75. The van der Waals surface area contributed by atoms with Crippen molar-refractivity contribution in [3.63, 3.8) is 0 Å². The van der Waals surface area contributed by atoms with E-state index in [4.69, 9.17) is 11.6 Å². The van der Waals surface area contributed by atoms with Crippen molar-refractivity contribution in [1.29, 1.82) is 0 Å². The maximum absolute atomic E-state index is 14.5. The van der Waals surface area contributed by atoms with Crippen LogP contribution in [0.15, 0.2) is 90.6 Å². The van der Waals surface area contributed by atoms with E-state index >= 15 is 0 Å². The van der Waals surface area contributed by atoms with Crippen LogP contribution in [0.25, 0.3) is 6.08 Å². The Hall–Kier alpha value is -4.07. The van der Waals surface area contributed by atoms with Crippen molar-refractivity contribution in [2.75, 3.05) is 10.2 Å². The van der Waals surface area contributed by atoms with Crippen molar-refractivity contribution >= 4 is 57.9 Å². The predicted octanol–water partition coefficient (Wildman–Crippen LogP) is 5.65. The second-order valence-electron chi connectivity index (χ2n) is 9.65. The van der Waals surface area contributed by atoms with E-state index in [2.05, 4.69) is 10.3 Å². The van der Waals surface area contributed by atoms with Gasteiger partial charge in [0.1, 0.15) is 11.5 Å². The highest BCUT2D eigenvalue weighted by Gasteiger charge is 2.70. The average Bonchev–Trinajstić information content (AvgIpc) is 3.65. The number of nitrogens with zero attached hydrogens (tertiary/aromatic N) is 2. The van der Waals surface area contributed by atoms with Crippen LogP contribution >= 0.6 is 22.9 Å². The summed E-state index contributed by atoms with van der Waals surface area (Å²) in [5, 5.41) is 5.44. The number of hydrogen-bond donors (Lipinski definition) is 1. The Balaban J connectivity index is 1.55. The highest BCUT2D eigenvalue weighted by Crippen LogP contribution is 2.58. The first-order valence-corrected chi connectivity index (χ1v) is 13.5. The van der Waals surface area contributed by atoms with Gasteiger partial charge in [0.2, 0.25) is 5.91 Å². The molecule has 1 fully saturated rings. The normalized spacial score (nSPS) is 24.6. The Bertz CT molecular complexity index is 1650. The summed E-state index contributed by atoms with van der Waals surface area (Å²) in [6.07, 6.45) is 6.98. The van der Waals surface area contributed by atoms with Crippen molar-refractivity contribution in [2.45, 2.75) is 17.5 Å². The van der Waals surface area contributed by atoms with E-state index in [1.54, 1.807) is 36.7 Å². The van der Waals surface area contributed by atoms with Gasteiger partial charge in [-0.05, 0) is 59.0 Å². The third-order valence-electron chi connectivity index (χ3n) is 7.87. The fourth-order valence-corrected chi connectivity index (χ4v) is 7.29. The Labute approximate surface area is 227 Å². The number of halogens is 1. The number of ketones is 2. The van der Waals surface area contributed by atoms with Crippen molar-refractivity contribution in [1.82, 2.24) is 4.98 Å². The first-order chi connectivity index (χ1) is 18.5. The minimum atomic E-state index is -1.33. The Morgan fingerprint density at radius 2 is 1.82 bits per heavy atom. The maximum atomic E-state index is 14.5. The molecule has 1 saturated heterocycles. The van der Waals surface area contributed by atoms with E-state index in [0.717, 1.165) is 16.8 Å². The summed E-state index contributed by atoms with van der Waals surface area (Å²) >= 11 is 7.66. The van der Waals surface area contributed by atoms with Crippen LogP contribution in [-0.2, 0) is 10.2 Å². The van der Waals surface area contributed by atoms with Crippen LogP contribution in [0.2, 0.25) is 5.02 Å². The quantitative estimate of drug-likeness (QED) is 0.340. The van der Waals surface area contributed by atoms with Gasteiger partial charge in [-0.15, -0.1) is 11.3 Å². The molecule has 6 nitrogen and oxygen atoms in total. The molecule has 0 saturated carbocycles. The first kappa shape index (κ1) is 23.1. The number of pyridine rings is 1. The van der Waals surface area contributed by atoms with Crippen LogP contribution in [-0.4, -0.2) is 34.5 Å². The number of hydrogen-bond acceptors (Lipinski definition) is 6. The topological polar surface area (TPSA) is 79.4 Å². The molecule has 2 aromatic heterocycles. The first-order valence-electron chi connectivity index (χ1n) is 12.2. The molecule has 0 bridgehead atoms. The van der Waals surface area contributed by atoms with Gasteiger partial charge >= 0.3 is 0 Å². The lowest BCUT2D eigenvalue weighted by molar-refractivity contribution is -0.121. The highest BCUT2D eigenvalue weighted by molar-refractivity contribution is 7.12. The van der Waals surface area contributed by atoms with Gasteiger partial charge in [-0.2, -0.15) is 0 Å². The SMILES string of the molecule is O=C(c1cccs1)C1C(C(=O)c2ccncc2)C2(C(=O)Nc3ccccc32)C2C=Cc3cc(Cl)ccc3N12. The molecule has 1 amide bonds. The summed E-state index contributed by atoms with van der Waals surface area (Å²) in [5.41, 5.74) is 2.05. The fourth-order valence-electron chi connectivity index (χ4n) is 6.41. The number of aromatic nitrogens is 1. The average molecular weight is 538 g/mol. The lowest BCUT2D eigenvalue weighted by Crippen LogP contribution is -2.51. The number of para-hydroxylation sites is 1. The lowest BCUT2D eigenvalue weighted by Gasteiger charge is -2.37. The summed E-state index contributed by atoms with van der Waals surface area (Å²) in [6, 6.07) is 18.3. The Morgan fingerprint density at radius 3 is 2.61 bits per heavy atom. The summed E-state index contributed by atoms with van der Waals surface area (Å²) < 4.78 is 0. The number of thiophene rings is 1. The lowest BCUT2D eigenvalue weighted by atomic mass is 9.64. The third kappa shape index (κ3) is 3.06. The van der Waals surface area contributed by atoms with E-state index in [-0.39, 0.29) is 17.5 Å². The van der Waals surface area contributed by atoms with Crippen LogP contribution in [0.4, 0.5) is 11.4 Å². The minimum absolute atomic E-state index is 0.192. The second-order valence-corrected chi connectivity index (χ2v) is 11.0. The molecule has 8 heteroatoms. The van der Waals surface area contributed by atoms with Crippen LogP contribution in [0.5, 0.6) is 0 Å². The number of Topliss-reactive ketones (excluding diaryl/α,β-unsaturated/α-hetero) is 2. The van der Waals surface area contributed by atoms with Gasteiger partial charge in [0.15, 0.2) is 11.6 Å². The van der Waals surface area contributed by atoms with Crippen molar-refractivity contribution in [2.24, 2.45) is 5.92 Å². The minimum Gasteiger partial charge on any atom is -0.352 e. The monoisotopic (exact) mass is 537 g/mol. The Morgan fingerprint density at radius 1 is 1.00 bits per heavy atom. The van der Waals surface area contributed by atoms with Crippen molar-refractivity contribution < 1.29 is 14.4 Å². The molecule has 0 radical (unpaired) electrons. The number of rotatable bonds is 4. The number of anilines is 2. The maximum Gasteiger partial charge on any atom is 0.238 e. The second kappa shape index (κ2) is 8.48. The molecule has 5 heterocycles. The highest BCUT2D eigenvalue weighted by atomic mass is 35.5. The fraction of sp³-hybridized carbons (Fsp3) is 0.133. The van der Waals surface area contributed by atoms with Crippen molar-refractivity contribution in [3.8, 4) is 0 Å². The molecule has 1 N–H and O–H groups in total.